The number of aliphatic imine (C=N–C) groups is 1. The van der Waals surface area contributed by atoms with Crippen LogP contribution in [0.4, 0.5) is 5.69 Å². The van der Waals surface area contributed by atoms with E-state index in [0.717, 1.165) is 17.0 Å². The first kappa shape index (κ1) is 16.9. The van der Waals surface area contributed by atoms with Crippen LogP contribution in [0.25, 0.3) is 0 Å². The van der Waals surface area contributed by atoms with Crippen molar-refractivity contribution in [2.24, 2.45) is 4.99 Å². The number of rotatable bonds is 5. The van der Waals surface area contributed by atoms with E-state index in [-0.39, 0.29) is 0 Å². The Hall–Kier alpha value is -1.47. The van der Waals surface area contributed by atoms with Crippen LogP contribution in [0.1, 0.15) is 56.2 Å². The molecule has 0 radical (unpaired) electrons. The Balaban J connectivity index is 2.49. The first-order valence-electron chi connectivity index (χ1n) is 7.58. The van der Waals surface area contributed by atoms with Crippen LogP contribution in [0, 0.1) is 0 Å². The number of para-hydroxylation sites is 2. The Labute approximate surface area is 143 Å². The van der Waals surface area contributed by atoms with E-state index in [0.29, 0.717) is 11.8 Å². The molecular weight excluding hydrogens is 359 g/mol. The van der Waals surface area contributed by atoms with Gasteiger partial charge in [0.25, 0.3) is 0 Å². The molecule has 0 atom stereocenters. The van der Waals surface area contributed by atoms with Crippen molar-refractivity contribution < 1.29 is 22.2 Å². The van der Waals surface area contributed by atoms with E-state index >= 15 is 0 Å². The second-order valence-corrected chi connectivity index (χ2v) is 6.32. The average Bonchev–Trinajstić information content (AvgIpc) is 2.52. The van der Waals surface area contributed by atoms with Crippen LogP contribution < -0.4 is 3.56 Å². The summed E-state index contributed by atoms with van der Waals surface area (Å²) in [6, 6.07) is 14.4. The molecule has 0 N–H and O–H groups in total. The van der Waals surface area contributed by atoms with Crippen LogP contribution in [0.2, 0.25) is 0 Å². The standard InChI is InChI=1S/C19H23NO.Ru/c1-13(2)16-9-7-10-17(14(3)4)19(16)20-12-15-8-5-6-11-18(15)21;/h5-14,21H,1-4H3;/q;+1/p-1. The molecule has 0 amide bonds. The van der Waals surface area contributed by atoms with Gasteiger partial charge in [-0.1, -0.05) is 0 Å². The van der Waals surface area contributed by atoms with Crippen molar-refractivity contribution in [2.45, 2.75) is 39.5 Å². The van der Waals surface area contributed by atoms with Crippen molar-refractivity contribution in [1.82, 2.24) is 0 Å². The third-order valence-electron chi connectivity index (χ3n) is 3.67. The van der Waals surface area contributed by atoms with Gasteiger partial charge in [0.2, 0.25) is 0 Å². The van der Waals surface area contributed by atoms with Crippen LogP contribution in [-0.2, 0) is 18.7 Å². The first-order valence-corrected chi connectivity index (χ1v) is 8.29. The molecule has 0 bridgehead atoms. The summed E-state index contributed by atoms with van der Waals surface area (Å²) in [6.45, 7) is 8.83. The molecule has 0 unspecified atom stereocenters. The molecule has 0 aliphatic heterocycles. The molecule has 2 aromatic rings. The third kappa shape index (κ3) is 3.84. The van der Waals surface area contributed by atoms with Gasteiger partial charge in [0.05, 0.1) is 0 Å². The molecule has 22 heavy (non-hydrogen) atoms. The number of benzene rings is 2. The minimum absolute atomic E-state index is 0.444. The van der Waals surface area contributed by atoms with Crippen molar-refractivity contribution in [3.8, 4) is 5.75 Å². The maximum atomic E-state index is 5.33. The van der Waals surface area contributed by atoms with Crippen LogP contribution >= 0.6 is 0 Å². The molecule has 3 heteroatoms. The molecule has 2 rings (SSSR count). The van der Waals surface area contributed by atoms with E-state index in [1.807, 2.05) is 30.5 Å². The van der Waals surface area contributed by atoms with Crippen LogP contribution in [0.3, 0.4) is 0 Å². The molecule has 0 aromatic heterocycles. The van der Waals surface area contributed by atoms with E-state index in [4.69, 9.17) is 8.56 Å². The summed E-state index contributed by atoms with van der Waals surface area (Å²) in [5, 5.41) is 0. The predicted octanol–water partition coefficient (Wildman–Crippen LogP) is 5.52. The summed E-state index contributed by atoms with van der Waals surface area (Å²) < 4.78 is 5.33. The van der Waals surface area contributed by atoms with Crippen molar-refractivity contribution in [3.05, 3.63) is 59.2 Å². The second-order valence-electron chi connectivity index (χ2n) is 5.96. The van der Waals surface area contributed by atoms with Gasteiger partial charge < -0.3 is 0 Å². The molecule has 0 aliphatic rings. The fourth-order valence-corrected chi connectivity index (χ4v) is 2.77. The van der Waals surface area contributed by atoms with Gasteiger partial charge in [0.15, 0.2) is 0 Å². The van der Waals surface area contributed by atoms with E-state index in [9.17, 15) is 0 Å². The fourth-order valence-electron chi connectivity index (χ4n) is 2.45. The summed E-state index contributed by atoms with van der Waals surface area (Å²) in [4.78, 5) is 4.81. The molecule has 0 aliphatic carbocycles. The summed E-state index contributed by atoms with van der Waals surface area (Å²) in [7, 11) is 0. The Morgan fingerprint density at radius 1 is 0.909 bits per heavy atom. The van der Waals surface area contributed by atoms with Gasteiger partial charge in [-0.25, -0.2) is 0 Å². The van der Waals surface area contributed by atoms with Crippen molar-refractivity contribution >= 4 is 11.9 Å². The molecular formula is C19H22NORu. The SMILES string of the molecule is CC(C)c1cccc(C(C)C)c1N=Cc1ccccc1[O][Ru]. The molecule has 0 heterocycles. The fraction of sp³-hybridized carbons (Fsp3) is 0.316. The zero-order valence-electron chi connectivity index (χ0n) is 13.5. The molecule has 0 spiro atoms. The monoisotopic (exact) mass is 382 g/mol. The summed E-state index contributed by atoms with van der Waals surface area (Å²) in [5.41, 5.74) is 4.64. The normalized spacial score (nSPS) is 11.6. The zero-order valence-corrected chi connectivity index (χ0v) is 15.2. The van der Waals surface area contributed by atoms with E-state index in [2.05, 4.69) is 64.6 Å². The van der Waals surface area contributed by atoms with Gasteiger partial charge in [-0.2, -0.15) is 0 Å². The summed E-state index contributed by atoms with van der Waals surface area (Å²) in [5.74, 6) is 1.70. The molecule has 2 nitrogen and oxygen atoms in total. The second kappa shape index (κ2) is 7.69. The van der Waals surface area contributed by atoms with Gasteiger partial charge in [0, 0.05) is 0 Å². The Kier molecular flexibility index (Phi) is 5.91. The van der Waals surface area contributed by atoms with Crippen LogP contribution in [-0.4, -0.2) is 6.21 Å². The Morgan fingerprint density at radius 2 is 1.50 bits per heavy atom. The number of nitrogens with zero attached hydrogens (tertiary/aromatic N) is 1. The number of hydrogen-bond donors (Lipinski definition) is 0. The van der Waals surface area contributed by atoms with Gasteiger partial charge in [-0.3, -0.25) is 0 Å². The molecule has 117 valence electrons. The van der Waals surface area contributed by atoms with Gasteiger partial charge in [-0.05, 0) is 0 Å². The van der Waals surface area contributed by atoms with Crippen LogP contribution in [0.5, 0.6) is 5.75 Å². The quantitative estimate of drug-likeness (QED) is 0.493. The topological polar surface area (TPSA) is 21.6 Å². The summed E-state index contributed by atoms with van der Waals surface area (Å²) in [6.07, 6.45) is 1.90. The molecule has 2 aromatic carbocycles. The predicted molar refractivity (Wildman–Crippen MR) is 88.9 cm³/mol. The van der Waals surface area contributed by atoms with Crippen LogP contribution in [0.15, 0.2) is 47.5 Å². The van der Waals surface area contributed by atoms with Gasteiger partial charge in [0.1, 0.15) is 0 Å². The number of hydrogen-bond acceptors (Lipinski definition) is 2. The maximum absolute atomic E-state index is 5.33. The Morgan fingerprint density at radius 3 is 2.05 bits per heavy atom. The minimum atomic E-state index is 0.444. The van der Waals surface area contributed by atoms with E-state index in [1.165, 1.54) is 11.1 Å². The summed E-state index contributed by atoms with van der Waals surface area (Å²) >= 11 is 2.20. The molecule has 0 fully saturated rings. The van der Waals surface area contributed by atoms with Gasteiger partial charge in [-0.15, -0.1) is 0 Å². The first-order chi connectivity index (χ1) is 10.5. The van der Waals surface area contributed by atoms with E-state index < -0.39 is 0 Å². The van der Waals surface area contributed by atoms with E-state index in [1.54, 1.807) is 0 Å². The molecule has 0 saturated carbocycles. The van der Waals surface area contributed by atoms with Crippen molar-refractivity contribution in [2.75, 3.05) is 0 Å². The zero-order chi connectivity index (χ0) is 16.1. The van der Waals surface area contributed by atoms with Crippen molar-refractivity contribution in [3.63, 3.8) is 0 Å². The Bertz CT molecular complexity index is 636. The third-order valence-corrected chi connectivity index (χ3v) is 4.05. The van der Waals surface area contributed by atoms with Gasteiger partial charge >= 0.3 is 144 Å². The van der Waals surface area contributed by atoms with Crippen molar-refractivity contribution in [1.29, 1.82) is 0 Å². The molecule has 0 saturated heterocycles. The average molecular weight is 381 g/mol.